The Balaban J connectivity index is 1.93. The van der Waals surface area contributed by atoms with E-state index in [9.17, 15) is 9.59 Å². The second-order valence-electron chi connectivity index (χ2n) is 7.12. The molecule has 2 N–H and O–H groups in total. The maximum atomic E-state index is 12.3. The summed E-state index contributed by atoms with van der Waals surface area (Å²) in [6, 6.07) is 17.3. The molecule has 5 nitrogen and oxygen atoms in total. The number of nitrogens with one attached hydrogen (secondary N) is 2. The van der Waals surface area contributed by atoms with Crippen molar-refractivity contribution in [1.29, 1.82) is 0 Å². The van der Waals surface area contributed by atoms with Gasteiger partial charge < -0.3 is 15.5 Å². The molecular weight excluding hydrogens is 350 g/mol. The Bertz CT molecular complexity index is 753. The van der Waals surface area contributed by atoms with Gasteiger partial charge in [0, 0.05) is 30.4 Å². The molecule has 2 aromatic rings. The highest BCUT2D eigenvalue weighted by Gasteiger charge is 2.16. The highest BCUT2D eigenvalue weighted by molar-refractivity contribution is 5.96. The summed E-state index contributed by atoms with van der Waals surface area (Å²) in [7, 11) is 0. The van der Waals surface area contributed by atoms with Gasteiger partial charge in [-0.2, -0.15) is 0 Å². The van der Waals surface area contributed by atoms with E-state index in [1.165, 1.54) is 5.56 Å². The van der Waals surface area contributed by atoms with Gasteiger partial charge in [0.1, 0.15) is 0 Å². The van der Waals surface area contributed by atoms with Crippen molar-refractivity contribution >= 4 is 17.5 Å². The van der Waals surface area contributed by atoms with Crippen molar-refractivity contribution in [3.05, 3.63) is 65.7 Å². The predicted molar refractivity (Wildman–Crippen MR) is 114 cm³/mol. The van der Waals surface area contributed by atoms with E-state index in [1.807, 2.05) is 32.0 Å². The number of amides is 2. The van der Waals surface area contributed by atoms with Crippen molar-refractivity contribution in [2.45, 2.75) is 33.7 Å². The number of nitrogens with zero attached hydrogens (tertiary/aromatic N) is 1. The molecule has 0 fully saturated rings. The summed E-state index contributed by atoms with van der Waals surface area (Å²) < 4.78 is 0. The molecule has 0 aromatic heterocycles. The topological polar surface area (TPSA) is 61.4 Å². The van der Waals surface area contributed by atoms with Crippen LogP contribution in [0.5, 0.6) is 0 Å². The molecule has 2 aromatic carbocycles. The maximum absolute atomic E-state index is 12.3. The maximum Gasteiger partial charge on any atom is 0.253 e. The first-order chi connectivity index (χ1) is 13.5. The van der Waals surface area contributed by atoms with Crippen LogP contribution in [0.25, 0.3) is 0 Å². The van der Waals surface area contributed by atoms with Crippen LogP contribution >= 0.6 is 0 Å². The minimum absolute atomic E-state index is 0.00665. The molecule has 0 aliphatic rings. The summed E-state index contributed by atoms with van der Waals surface area (Å²) in [5.41, 5.74) is 2.48. The van der Waals surface area contributed by atoms with E-state index in [4.69, 9.17) is 0 Å². The Labute approximate surface area is 168 Å². The number of carbonyl (C=O) groups excluding carboxylic acids is 2. The van der Waals surface area contributed by atoms with E-state index in [0.717, 1.165) is 0 Å². The summed E-state index contributed by atoms with van der Waals surface area (Å²) in [5, 5.41) is 6.23. The lowest BCUT2D eigenvalue weighted by atomic mass is 9.96. The molecule has 0 spiro atoms. The van der Waals surface area contributed by atoms with Crippen LogP contribution in [-0.4, -0.2) is 36.3 Å². The highest BCUT2D eigenvalue weighted by atomic mass is 16.2. The normalized spacial score (nSPS) is 11.9. The third-order valence-electron chi connectivity index (χ3n) is 4.77. The standard InChI is InChI=1S/C23H31N3O2/c1-5-26(6-2)23(28)19-12-14-20(15-13-19)25-21(27)16-24-22(17(3)4)18-10-8-7-9-11-18/h7-15,17,22,24H,5-6,16H2,1-4H3,(H,25,27)/t22-/m0/s1. The van der Waals surface area contributed by atoms with Gasteiger partial charge in [-0.15, -0.1) is 0 Å². The molecule has 2 rings (SSSR count). The zero-order chi connectivity index (χ0) is 20.5. The number of hydrogen-bond acceptors (Lipinski definition) is 3. The van der Waals surface area contributed by atoms with E-state index in [0.29, 0.717) is 30.3 Å². The summed E-state index contributed by atoms with van der Waals surface area (Å²) in [4.78, 5) is 26.5. The molecule has 5 heteroatoms. The first-order valence-electron chi connectivity index (χ1n) is 9.93. The Morgan fingerprint density at radius 2 is 1.54 bits per heavy atom. The molecule has 28 heavy (non-hydrogen) atoms. The SMILES string of the molecule is CCN(CC)C(=O)c1ccc(NC(=O)CN[C@H](c2ccccc2)C(C)C)cc1. The van der Waals surface area contributed by atoms with Gasteiger partial charge in [-0.25, -0.2) is 0 Å². The fraction of sp³-hybridized carbons (Fsp3) is 0.391. The van der Waals surface area contributed by atoms with Crippen molar-refractivity contribution in [2.75, 3.05) is 25.0 Å². The Morgan fingerprint density at radius 3 is 2.07 bits per heavy atom. The fourth-order valence-corrected chi connectivity index (χ4v) is 3.20. The van der Waals surface area contributed by atoms with Gasteiger partial charge in [0.15, 0.2) is 0 Å². The average molecular weight is 382 g/mol. The highest BCUT2D eigenvalue weighted by Crippen LogP contribution is 2.21. The van der Waals surface area contributed by atoms with E-state index in [2.05, 4.69) is 36.6 Å². The number of carbonyl (C=O) groups is 2. The van der Waals surface area contributed by atoms with Crippen LogP contribution in [0.4, 0.5) is 5.69 Å². The van der Waals surface area contributed by atoms with E-state index in [-0.39, 0.29) is 24.4 Å². The molecule has 150 valence electrons. The zero-order valence-corrected chi connectivity index (χ0v) is 17.2. The minimum Gasteiger partial charge on any atom is -0.339 e. The molecule has 0 bridgehead atoms. The second kappa shape index (κ2) is 10.6. The Hall–Kier alpha value is -2.66. The lowest BCUT2D eigenvalue weighted by molar-refractivity contribution is -0.115. The van der Waals surface area contributed by atoms with Crippen molar-refractivity contribution in [3.8, 4) is 0 Å². The van der Waals surface area contributed by atoms with Crippen LogP contribution in [0.1, 0.15) is 49.7 Å². The van der Waals surface area contributed by atoms with Gasteiger partial charge >= 0.3 is 0 Å². The average Bonchev–Trinajstić information content (AvgIpc) is 2.70. The van der Waals surface area contributed by atoms with Gasteiger partial charge in [-0.3, -0.25) is 9.59 Å². The minimum atomic E-state index is -0.107. The molecule has 0 saturated heterocycles. The second-order valence-corrected chi connectivity index (χ2v) is 7.12. The smallest absolute Gasteiger partial charge is 0.253 e. The molecule has 2 amide bonds. The molecule has 1 atom stereocenters. The van der Waals surface area contributed by atoms with Gasteiger partial charge in [0.2, 0.25) is 5.91 Å². The van der Waals surface area contributed by atoms with Gasteiger partial charge in [0.25, 0.3) is 5.91 Å². The number of hydrogen-bond donors (Lipinski definition) is 2. The Kier molecular flexibility index (Phi) is 8.20. The molecule has 0 aliphatic carbocycles. The predicted octanol–water partition coefficient (Wildman–Crippen LogP) is 4.09. The van der Waals surface area contributed by atoms with Gasteiger partial charge in [0.05, 0.1) is 6.54 Å². The van der Waals surface area contributed by atoms with Crippen molar-refractivity contribution in [1.82, 2.24) is 10.2 Å². The molecule has 0 aliphatic heterocycles. The van der Waals surface area contributed by atoms with Crippen molar-refractivity contribution < 1.29 is 9.59 Å². The summed E-state index contributed by atoms with van der Waals surface area (Å²) in [5.74, 6) is 0.261. The summed E-state index contributed by atoms with van der Waals surface area (Å²) in [6.45, 7) is 9.77. The van der Waals surface area contributed by atoms with E-state index < -0.39 is 0 Å². The molecule has 0 unspecified atom stereocenters. The van der Waals surface area contributed by atoms with E-state index >= 15 is 0 Å². The van der Waals surface area contributed by atoms with Crippen molar-refractivity contribution in [3.63, 3.8) is 0 Å². The molecular formula is C23H31N3O2. The third-order valence-corrected chi connectivity index (χ3v) is 4.77. The van der Waals surface area contributed by atoms with Crippen LogP contribution in [0.3, 0.4) is 0 Å². The van der Waals surface area contributed by atoms with Gasteiger partial charge in [-0.05, 0) is 49.6 Å². The van der Waals surface area contributed by atoms with Crippen LogP contribution in [0, 0.1) is 5.92 Å². The van der Waals surface area contributed by atoms with Crippen molar-refractivity contribution in [2.24, 2.45) is 5.92 Å². The first-order valence-corrected chi connectivity index (χ1v) is 9.93. The zero-order valence-electron chi connectivity index (χ0n) is 17.2. The quantitative estimate of drug-likeness (QED) is 0.688. The molecule has 0 saturated carbocycles. The van der Waals surface area contributed by atoms with Crippen LogP contribution < -0.4 is 10.6 Å². The molecule has 0 heterocycles. The van der Waals surface area contributed by atoms with Gasteiger partial charge in [-0.1, -0.05) is 44.2 Å². The van der Waals surface area contributed by atoms with E-state index in [1.54, 1.807) is 29.2 Å². The van der Waals surface area contributed by atoms with Crippen LogP contribution in [0.15, 0.2) is 54.6 Å². The molecule has 0 radical (unpaired) electrons. The number of rotatable bonds is 9. The number of benzene rings is 2. The van der Waals surface area contributed by atoms with Crippen LogP contribution in [-0.2, 0) is 4.79 Å². The third kappa shape index (κ3) is 5.92. The monoisotopic (exact) mass is 381 g/mol. The first kappa shape index (κ1) is 21.6. The lowest BCUT2D eigenvalue weighted by Gasteiger charge is -2.22. The largest absolute Gasteiger partial charge is 0.339 e. The Morgan fingerprint density at radius 1 is 0.929 bits per heavy atom. The summed E-state index contributed by atoms with van der Waals surface area (Å²) >= 11 is 0. The summed E-state index contributed by atoms with van der Waals surface area (Å²) in [6.07, 6.45) is 0. The number of anilines is 1. The fourth-order valence-electron chi connectivity index (χ4n) is 3.20. The van der Waals surface area contributed by atoms with Crippen LogP contribution in [0.2, 0.25) is 0 Å². The lowest BCUT2D eigenvalue weighted by Crippen LogP contribution is -2.33.